The summed E-state index contributed by atoms with van der Waals surface area (Å²) in [5, 5.41) is 4.02. The second kappa shape index (κ2) is 10.5. The lowest BCUT2D eigenvalue weighted by Crippen LogP contribution is -2.56. The number of carbonyl (C=O) groups excluding carboxylic acids is 2. The summed E-state index contributed by atoms with van der Waals surface area (Å²) in [6.45, 7) is 9.29. The summed E-state index contributed by atoms with van der Waals surface area (Å²) in [5.41, 5.74) is 16.9. The molecule has 1 aromatic carbocycles. The van der Waals surface area contributed by atoms with Crippen LogP contribution in [0.4, 0.5) is 16.2 Å². The first kappa shape index (κ1) is 27.8. The SMILES string of the molecule is CC(N)c1ccc2c(N)c(C(=O)N[C@H]3CCc4cc(N5C[C@H]6CC[C@@H](C5)N6C(=O)OC(C)(C)C)ccc4C3)sc2n1. The zero-order valence-electron chi connectivity index (χ0n) is 24.3. The number of hydrogen-bond donors (Lipinski definition) is 3. The van der Waals surface area contributed by atoms with Crippen LogP contribution in [-0.2, 0) is 17.6 Å². The van der Waals surface area contributed by atoms with Crippen molar-refractivity contribution in [3.8, 4) is 0 Å². The first-order chi connectivity index (χ1) is 19.5. The van der Waals surface area contributed by atoms with E-state index in [1.165, 1.54) is 28.2 Å². The number of amides is 2. The number of carbonyl (C=O) groups is 2. The van der Waals surface area contributed by atoms with Gasteiger partial charge in [-0.05, 0) is 95.2 Å². The van der Waals surface area contributed by atoms with Gasteiger partial charge in [-0.2, -0.15) is 0 Å². The van der Waals surface area contributed by atoms with Crippen LogP contribution in [0.3, 0.4) is 0 Å². The number of nitrogens with two attached hydrogens (primary N) is 2. The molecular weight excluding hydrogens is 536 g/mol. The van der Waals surface area contributed by atoms with E-state index in [0.29, 0.717) is 10.6 Å². The van der Waals surface area contributed by atoms with Crippen molar-refractivity contribution in [1.29, 1.82) is 0 Å². The van der Waals surface area contributed by atoms with Gasteiger partial charge in [0.2, 0.25) is 0 Å². The van der Waals surface area contributed by atoms with Crippen LogP contribution in [0.5, 0.6) is 0 Å². The molecule has 0 radical (unpaired) electrons. The summed E-state index contributed by atoms with van der Waals surface area (Å²) < 4.78 is 5.70. The lowest BCUT2D eigenvalue weighted by Gasteiger charge is -2.42. The van der Waals surface area contributed by atoms with Gasteiger partial charge in [0.15, 0.2) is 0 Å². The number of aromatic nitrogens is 1. The van der Waals surface area contributed by atoms with Crippen LogP contribution in [0.1, 0.15) is 79.5 Å². The van der Waals surface area contributed by atoms with Crippen LogP contribution in [0.2, 0.25) is 0 Å². The van der Waals surface area contributed by atoms with Gasteiger partial charge in [0, 0.05) is 36.2 Å². The topological polar surface area (TPSA) is 127 Å². The molecule has 2 bridgehead atoms. The zero-order chi connectivity index (χ0) is 29.1. The third-order valence-electron chi connectivity index (χ3n) is 8.49. The Labute approximate surface area is 245 Å². The number of nitrogens with one attached hydrogen (secondary N) is 1. The summed E-state index contributed by atoms with van der Waals surface area (Å²) in [7, 11) is 0. The predicted octanol–water partition coefficient (Wildman–Crippen LogP) is 4.77. The fourth-order valence-corrected chi connectivity index (χ4v) is 7.48. The molecular formula is C31H40N6O3S. The molecule has 0 spiro atoms. The van der Waals surface area contributed by atoms with Crippen molar-refractivity contribution in [3.63, 3.8) is 0 Å². The number of pyridine rings is 1. The van der Waals surface area contributed by atoms with Crippen molar-refractivity contribution in [2.45, 2.75) is 89.6 Å². The van der Waals surface area contributed by atoms with Gasteiger partial charge in [0.25, 0.3) is 5.91 Å². The summed E-state index contributed by atoms with van der Waals surface area (Å²) in [5.74, 6) is -0.142. The highest BCUT2D eigenvalue weighted by atomic mass is 32.1. The minimum Gasteiger partial charge on any atom is -0.444 e. The molecule has 2 aliphatic heterocycles. The van der Waals surface area contributed by atoms with Crippen molar-refractivity contribution in [1.82, 2.24) is 15.2 Å². The van der Waals surface area contributed by atoms with E-state index >= 15 is 0 Å². The summed E-state index contributed by atoms with van der Waals surface area (Å²) in [6.07, 6.45) is 4.40. The Morgan fingerprint density at radius 3 is 2.51 bits per heavy atom. The van der Waals surface area contributed by atoms with Crippen molar-refractivity contribution >= 4 is 44.9 Å². The summed E-state index contributed by atoms with van der Waals surface area (Å²) in [4.78, 5) is 36.3. The molecule has 2 fully saturated rings. The van der Waals surface area contributed by atoms with Crippen molar-refractivity contribution in [2.24, 2.45) is 5.73 Å². The molecule has 2 saturated heterocycles. The quantitative estimate of drug-likeness (QED) is 0.408. The van der Waals surface area contributed by atoms with Gasteiger partial charge in [0.1, 0.15) is 15.3 Å². The Balaban J connectivity index is 1.10. The minimum atomic E-state index is -0.488. The lowest BCUT2D eigenvalue weighted by atomic mass is 9.87. The van der Waals surface area contributed by atoms with Gasteiger partial charge in [-0.3, -0.25) is 9.69 Å². The number of anilines is 2. The number of thiophene rings is 1. The molecule has 41 heavy (non-hydrogen) atoms. The van der Waals surface area contributed by atoms with E-state index < -0.39 is 5.60 Å². The number of aryl methyl sites for hydroxylation is 1. The normalized spacial score (nSPS) is 22.9. The Kier molecular flexibility index (Phi) is 7.10. The Bertz CT molecular complexity index is 1480. The molecule has 1 aliphatic carbocycles. The first-order valence-corrected chi connectivity index (χ1v) is 15.4. The Morgan fingerprint density at radius 2 is 1.83 bits per heavy atom. The van der Waals surface area contributed by atoms with Crippen LogP contribution < -0.4 is 21.7 Å². The molecule has 3 aliphatic rings. The fourth-order valence-electron chi connectivity index (χ4n) is 6.47. The third-order valence-corrected chi connectivity index (χ3v) is 9.61. The van der Waals surface area contributed by atoms with Crippen molar-refractivity contribution < 1.29 is 14.3 Å². The molecule has 6 rings (SSSR count). The highest BCUT2D eigenvalue weighted by Gasteiger charge is 2.44. The first-order valence-electron chi connectivity index (χ1n) is 14.6. The maximum absolute atomic E-state index is 13.2. The minimum absolute atomic E-state index is 0.0475. The number of fused-ring (bicyclic) bond motifs is 4. The maximum Gasteiger partial charge on any atom is 0.410 e. The number of rotatable bonds is 4. The number of nitrogens with zero attached hydrogens (tertiary/aromatic N) is 3. The predicted molar refractivity (Wildman–Crippen MR) is 163 cm³/mol. The van der Waals surface area contributed by atoms with Crippen LogP contribution in [0.15, 0.2) is 30.3 Å². The van der Waals surface area contributed by atoms with Crippen LogP contribution in [0, 0.1) is 0 Å². The molecule has 10 heteroatoms. The van der Waals surface area contributed by atoms with Crippen molar-refractivity contribution in [3.05, 3.63) is 52.0 Å². The fraction of sp³-hybridized carbons (Fsp3) is 0.516. The molecule has 1 unspecified atom stereocenters. The van der Waals surface area contributed by atoms with Gasteiger partial charge in [-0.15, -0.1) is 11.3 Å². The Morgan fingerprint density at radius 1 is 1.10 bits per heavy atom. The molecule has 4 heterocycles. The van der Waals surface area contributed by atoms with E-state index in [9.17, 15) is 9.59 Å². The highest BCUT2D eigenvalue weighted by Crippen LogP contribution is 2.36. The molecule has 5 N–H and O–H groups in total. The monoisotopic (exact) mass is 576 g/mol. The molecule has 2 amide bonds. The number of hydrogen-bond acceptors (Lipinski definition) is 8. The van der Waals surface area contributed by atoms with Gasteiger partial charge >= 0.3 is 6.09 Å². The second-order valence-corrected chi connectivity index (χ2v) is 13.8. The Hall–Kier alpha value is -3.37. The highest BCUT2D eigenvalue weighted by molar-refractivity contribution is 7.21. The van der Waals surface area contributed by atoms with Gasteiger partial charge in [0.05, 0.1) is 23.5 Å². The molecule has 4 atom stereocenters. The average Bonchev–Trinajstić information content (AvgIpc) is 3.39. The smallest absolute Gasteiger partial charge is 0.410 e. The molecule has 218 valence electrons. The third kappa shape index (κ3) is 5.47. The largest absolute Gasteiger partial charge is 0.444 e. The number of ether oxygens (including phenoxy) is 1. The average molecular weight is 577 g/mol. The van der Waals surface area contributed by atoms with Gasteiger partial charge < -0.3 is 26.4 Å². The summed E-state index contributed by atoms with van der Waals surface area (Å²) in [6, 6.07) is 10.7. The van der Waals surface area contributed by atoms with E-state index in [1.807, 2.05) is 44.7 Å². The van der Waals surface area contributed by atoms with E-state index in [2.05, 4.69) is 33.4 Å². The maximum atomic E-state index is 13.2. The van der Waals surface area contributed by atoms with E-state index in [4.69, 9.17) is 16.2 Å². The molecule has 2 aromatic heterocycles. The van der Waals surface area contributed by atoms with E-state index in [0.717, 1.165) is 61.1 Å². The summed E-state index contributed by atoms with van der Waals surface area (Å²) >= 11 is 1.32. The number of piperazine rings is 1. The van der Waals surface area contributed by atoms with Gasteiger partial charge in [-0.25, -0.2) is 9.78 Å². The molecule has 3 aromatic rings. The zero-order valence-corrected chi connectivity index (χ0v) is 25.1. The standard InChI is InChI=1S/C31H40N6O3S/c1-17(32)25-12-11-24-26(33)27(41-29(24)35-25)28(38)34-20-7-5-19-14-21(8-6-18(19)13-20)36-15-22-9-10-23(16-36)37(22)30(39)40-31(2,3)4/h6,8,11-12,14,17,20,22-23H,5,7,9-10,13,15-16,32-33H2,1-4H3,(H,34,38)/t17?,20-,22-,23+/m0/s1. The van der Waals surface area contributed by atoms with Crippen LogP contribution >= 0.6 is 11.3 Å². The second-order valence-electron chi connectivity index (χ2n) is 12.8. The number of benzene rings is 1. The van der Waals surface area contributed by atoms with E-state index in [-0.39, 0.29) is 36.2 Å². The van der Waals surface area contributed by atoms with Crippen LogP contribution in [-0.4, -0.2) is 58.7 Å². The van der Waals surface area contributed by atoms with Gasteiger partial charge in [-0.1, -0.05) is 6.07 Å². The number of nitrogen functional groups attached to an aromatic ring is 1. The van der Waals surface area contributed by atoms with Crippen LogP contribution in [0.25, 0.3) is 10.2 Å². The lowest BCUT2D eigenvalue weighted by molar-refractivity contribution is 0.0123. The van der Waals surface area contributed by atoms with E-state index in [1.54, 1.807) is 0 Å². The van der Waals surface area contributed by atoms with Crippen molar-refractivity contribution in [2.75, 3.05) is 23.7 Å². The molecule has 9 nitrogen and oxygen atoms in total. The molecule has 0 saturated carbocycles.